The molecule has 1 unspecified atom stereocenters. The summed E-state index contributed by atoms with van der Waals surface area (Å²) in [5, 5.41) is 13.7. The molecule has 0 aliphatic heterocycles. The van der Waals surface area contributed by atoms with E-state index in [9.17, 15) is 28.1 Å². The van der Waals surface area contributed by atoms with Crippen LogP contribution in [0.15, 0.2) is 36.4 Å². The lowest BCUT2D eigenvalue weighted by Gasteiger charge is -2.24. The van der Waals surface area contributed by atoms with E-state index in [0.717, 1.165) is 5.56 Å². The van der Waals surface area contributed by atoms with Crippen LogP contribution in [0.1, 0.15) is 23.6 Å². The number of likely N-dealkylation sites (N-methyl/N-ethyl adjacent to an activating group) is 1. The topological polar surface area (TPSA) is 84.7 Å². The second-order valence-electron chi connectivity index (χ2n) is 7.32. The number of nitrogens with one attached hydrogen (secondary N) is 1. The Morgan fingerprint density at radius 1 is 1.23 bits per heavy atom. The van der Waals surface area contributed by atoms with Gasteiger partial charge < -0.3 is 10.1 Å². The van der Waals surface area contributed by atoms with Crippen molar-refractivity contribution in [2.75, 3.05) is 19.0 Å². The van der Waals surface area contributed by atoms with E-state index in [1.807, 2.05) is 0 Å². The number of carbonyl (C=O) groups is 1. The van der Waals surface area contributed by atoms with Crippen molar-refractivity contribution in [1.29, 1.82) is 0 Å². The zero-order chi connectivity index (χ0) is 23.3. The molecule has 168 valence electrons. The highest BCUT2D eigenvalue weighted by Crippen LogP contribution is 2.28. The highest BCUT2D eigenvalue weighted by atomic mass is 19.4. The van der Waals surface area contributed by atoms with Crippen molar-refractivity contribution in [2.24, 2.45) is 0 Å². The van der Waals surface area contributed by atoms with Gasteiger partial charge in [0.05, 0.1) is 11.0 Å². The van der Waals surface area contributed by atoms with Gasteiger partial charge in [-0.15, -0.1) is 0 Å². The number of amides is 1. The van der Waals surface area contributed by atoms with E-state index in [4.69, 9.17) is 4.74 Å². The van der Waals surface area contributed by atoms with Gasteiger partial charge in [-0.3, -0.25) is 19.8 Å². The zero-order valence-corrected chi connectivity index (χ0v) is 17.6. The number of anilines is 1. The fourth-order valence-electron chi connectivity index (χ4n) is 3.11. The number of aryl methyl sites for hydroxylation is 2. The monoisotopic (exact) mass is 439 g/mol. The summed E-state index contributed by atoms with van der Waals surface area (Å²) < 4.78 is 42.2. The van der Waals surface area contributed by atoms with Crippen molar-refractivity contribution >= 4 is 17.3 Å². The summed E-state index contributed by atoms with van der Waals surface area (Å²) in [5.74, 6) is -0.235. The Hall–Kier alpha value is -3.14. The molecule has 31 heavy (non-hydrogen) atoms. The SMILES string of the molecule is Cc1cc(CN(C)C(C)C(=O)Nc2ccccc2[N+](=O)[O-])cc(C)c1OCC(F)(F)F. The zero-order valence-electron chi connectivity index (χ0n) is 17.6. The Balaban J connectivity index is 2.08. The molecule has 7 nitrogen and oxygen atoms in total. The quantitative estimate of drug-likeness (QED) is 0.480. The number of hydrogen-bond acceptors (Lipinski definition) is 5. The highest BCUT2D eigenvalue weighted by molar-refractivity contribution is 5.96. The molecule has 0 heterocycles. The van der Waals surface area contributed by atoms with Crippen LogP contribution in [-0.2, 0) is 11.3 Å². The maximum atomic E-state index is 12.6. The molecular weight excluding hydrogens is 415 g/mol. The number of nitro groups is 1. The lowest BCUT2D eigenvalue weighted by atomic mass is 10.0. The number of nitrogens with zero attached hydrogens (tertiary/aromatic N) is 2. The minimum absolute atomic E-state index is 0.107. The molecule has 0 fully saturated rings. The molecule has 2 aromatic carbocycles. The third kappa shape index (κ3) is 6.68. The fourth-order valence-corrected chi connectivity index (χ4v) is 3.11. The molecule has 0 aliphatic carbocycles. The average Bonchev–Trinajstić information content (AvgIpc) is 2.65. The van der Waals surface area contributed by atoms with Crippen LogP contribution in [0.25, 0.3) is 0 Å². The van der Waals surface area contributed by atoms with Crippen LogP contribution in [0.3, 0.4) is 0 Å². The molecule has 0 bridgehead atoms. The number of nitro benzene ring substituents is 1. The van der Waals surface area contributed by atoms with E-state index in [1.54, 1.807) is 50.9 Å². The Bertz CT molecular complexity index is 940. The largest absolute Gasteiger partial charge is 0.484 e. The molecule has 0 aliphatic rings. The van der Waals surface area contributed by atoms with Gasteiger partial charge in [0.15, 0.2) is 6.61 Å². The molecular formula is C21H24F3N3O4. The van der Waals surface area contributed by atoms with E-state index >= 15 is 0 Å². The summed E-state index contributed by atoms with van der Waals surface area (Å²) in [7, 11) is 1.71. The van der Waals surface area contributed by atoms with Crippen LogP contribution < -0.4 is 10.1 Å². The lowest BCUT2D eigenvalue weighted by Crippen LogP contribution is -2.39. The molecule has 0 saturated carbocycles. The molecule has 0 spiro atoms. The first-order valence-corrected chi connectivity index (χ1v) is 9.43. The molecule has 0 aromatic heterocycles. The summed E-state index contributed by atoms with van der Waals surface area (Å²) >= 11 is 0. The number of ether oxygens (including phenoxy) is 1. The van der Waals surface area contributed by atoms with Crippen molar-refractivity contribution in [3.63, 3.8) is 0 Å². The maximum Gasteiger partial charge on any atom is 0.422 e. The van der Waals surface area contributed by atoms with E-state index in [-0.39, 0.29) is 17.1 Å². The second-order valence-corrected chi connectivity index (χ2v) is 7.32. The normalized spacial score (nSPS) is 12.5. The summed E-state index contributed by atoms with van der Waals surface area (Å²) in [4.78, 5) is 24.9. The van der Waals surface area contributed by atoms with E-state index in [0.29, 0.717) is 17.7 Å². The Morgan fingerprint density at radius 3 is 2.35 bits per heavy atom. The van der Waals surface area contributed by atoms with Gasteiger partial charge in [-0.25, -0.2) is 0 Å². The molecule has 2 aromatic rings. The van der Waals surface area contributed by atoms with Gasteiger partial charge >= 0.3 is 6.18 Å². The molecule has 1 amide bonds. The van der Waals surface area contributed by atoms with Crippen molar-refractivity contribution in [3.8, 4) is 5.75 Å². The highest BCUT2D eigenvalue weighted by Gasteiger charge is 2.29. The van der Waals surface area contributed by atoms with Crippen molar-refractivity contribution in [1.82, 2.24) is 4.90 Å². The standard InChI is InChI=1S/C21H24F3N3O4/c1-13-9-16(10-14(2)19(13)31-12-21(22,23)24)11-26(4)15(3)20(28)25-17-7-5-6-8-18(17)27(29)30/h5-10,15H,11-12H2,1-4H3,(H,25,28). The Morgan fingerprint density at radius 2 is 1.81 bits per heavy atom. The van der Waals surface area contributed by atoms with Crippen molar-refractivity contribution in [3.05, 3.63) is 63.2 Å². The molecule has 1 N–H and O–H groups in total. The smallest absolute Gasteiger partial charge is 0.422 e. The number of para-hydroxylation sites is 2. The first-order valence-electron chi connectivity index (χ1n) is 9.43. The van der Waals surface area contributed by atoms with Gasteiger partial charge in [0.2, 0.25) is 5.91 Å². The van der Waals surface area contributed by atoms with E-state index in [1.165, 1.54) is 18.2 Å². The van der Waals surface area contributed by atoms with Crippen LogP contribution in [0.2, 0.25) is 0 Å². The number of carbonyl (C=O) groups excluding carboxylic acids is 1. The number of alkyl halides is 3. The summed E-state index contributed by atoms with van der Waals surface area (Å²) in [6.45, 7) is 3.95. The first-order chi connectivity index (χ1) is 14.4. The number of hydrogen-bond donors (Lipinski definition) is 1. The lowest BCUT2D eigenvalue weighted by molar-refractivity contribution is -0.383. The molecule has 0 saturated heterocycles. The summed E-state index contributed by atoms with van der Waals surface area (Å²) in [6.07, 6.45) is -4.42. The molecule has 2 rings (SSSR count). The van der Waals surface area contributed by atoms with Gasteiger partial charge in [-0.1, -0.05) is 24.3 Å². The third-order valence-electron chi connectivity index (χ3n) is 4.73. The van der Waals surface area contributed by atoms with Crippen LogP contribution in [-0.4, -0.2) is 41.6 Å². The molecule has 1 atom stereocenters. The number of rotatable bonds is 8. The summed E-state index contributed by atoms with van der Waals surface area (Å²) in [5.41, 5.74) is 1.82. The predicted octanol–water partition coefficient (Wildman–Crippen LogP) is 4.61. The second kappa shape index (κ2) is 9.78. The maximum absolute atomic E-state index is 12.6. The summed E-state index contributed by atoms with van der Waals surface area (Å²) in [6, 6.07) is 8.65. The minimum Gasteiger partial charge on any atom is -0.484 e. The van der Waals surface area contributed by atoms with Crippen molar-refractivity contribution in [2.45, 2.75) is 39.5 Å². The van der Waals surface area contributed by atoms with Crippen LogP contribution >= 0.6 is 0 Å². The van der Waals surface area contributed by atoms with Crippen LogP contribution in [0, 0.1) is 24.0 Å². The van der Waals surface area contributed by atoms with Gasteiger partial charge in [-0.05, 0) is 50.6 Å². The van der Waals surface area contributed by atoms with Crippen LogP contribution in [0.4, 0.5) is 24.5 Å². The average molecular weight is 439 g/mol. The Labute approximate surface area is 178 Å². The number of benzene rings is 2. The van der Waals surface area contributed by atoms with Crippen molar-refractivity contribution < 1.29 is 27.6 Å². The van der Waals surface area contributed by atoms with Gasteiger partial charge in [-0.2, -0.15) is 13.2 Å². The minimum atomic E-state index is -4.42. The predicted molar refractivity (Wildman–Crippen MR) is 110 cm³/mol. The van der Waals surface area contributed by atoms with Crippen LogP contribution in [0.5, 0.6) is 5.75 Å². The van der Waals surface area contributed by atoms with E-state index in [2.05, 4.69) is 5.32 Å². The van der Waals surface area contributed by atoms with E-state index < -0.39 is 29.7 Å². The first kappa shape index (κ1) is 24.1. The third-order valence-corrected chi connectivity index (χ3v) is 4.73. The molecule has 0 radical (unpaired) electrons. The number of halogens is 3. The Kier molecular flexibility index (Phi) is 7.61. The van der Waals surface area contributed by atoms with Gasteiger partial charge in [0.25, 0.3) is 5.69 Å². The fraction of sp³-hybridized carbons (Fsp3) is 0.381. The van der Waals surface area contributed by atoms with Gasteiger partial charge in [0, 0.05) is 12.6 Å². The molecule has 10 heteroatoms. The van der Waals surface area contributed by atoms with Gasteiger partial charge in [0.1, 0.15) is 11.4 Å².